The van der Waals surface area contributed by atoms with Gasteiger partial charge in [-0.25, -0.2) is 4.39 Å². The number of nitrogens with zero attached hydrogens (tertiary/aromatic N) is 1. The second-order valence-electron chi connectivity index (χ2n) is 5.53. The third-order valence-corrected chi connectivity index (χ3v) is 3.97. The highest BCUT2D eigenvalue weighted by molar-refractivity contribution is 5.66. The molecule has 5 nitrogen and oxygen atoms in total. The summed E-state index contributed by atoms with van der Waals surface area (Å²) in [5, 5.41) is 10.4. The highest BCUT2D eigenvalue weighted by Gasteiger charge is 2.16. The van der Waals surface area contributed by atoms with Crippen molar-refractivity contribution in [1.29, 1.82) is 0 Å². The number of hydrogen-bond donors (Lipinski definition) is 2. The van der Waals surface area contributed by atoms with E-state index in [0.717, 1.165) is 28.3 Å². The van der Waals surface area contributed by atoms with Gasteiger partial charge in [-0.2, -0.15) is 5.10 Å². The first kappa shape index (κ1) is 14.7. The summed E-state index contributed by atoms with van der Waals surface area (Å²) >= 11 is 0. The van der Waals surface area contributed by atoms with E-state index in [9.17, 15) is 4.39 Å². The van der Waals surface area contributed by atoms with Gasteiger partial charge in [-0.3, -0.25) is 5.10 Å². The molecule has 2 N–H and O–H groups in total. The van der Waals surface area contributed by atoms with Crippen molar-refractivity contribution < 1.29 is 13.9 Å². The smallest absolute Gasteiger partial charge is 0.231 e. The molecule has 4 rings (SSSR count). The lowest BCUT2D eigenvalue weighted by atomic mass is 10.1. The SMILES string of the molecule is Fc1ccccc1CNCc1cn[nH]c1-c1ccc2c(c1)OCO2. The van der Waals surface area contributed by atoms with E-state index in [2.05, 4.69) is 15.5 Å². The van der Waals surface area contributed by atoms with Crippen LogP contribution in [0.1, 0.15) is 11.1 Å². The third kappa shape index (κ3) is 2.83. The molecule has 0 amide bonds. The van der Waals surface area contributed by atoms with E-state index in [1.165, 1.54) is 6.07 Å². The number of rotatable bonds is 5. The van der Waals surface area contributed by atoms with Gasteiger partial charge in [-0.05, 0) is 24.3 Å². The zero-order chi connectivity index (χ0) is 16.4. The Morgan fingerprint density at radius 2 is 1.88 bits per heavy atom. The molecule has 0 atom stereocenters. The maximum Gasteiger partial charge on any atom is 0.231 e. The summed E-state index contributed by atoms with van der Waals surface area (Å²) < 4.78 is 24.4. The minimum absolute atomic E-state index is 0.201. The van der Waals surface area contributed by atoms with E-state index in [1.54, 1.807) is 18.3 Å². The average molecular weight is 325 g/mol. The van der Waals surface area contributed by atoms with Gasteiger partial charge in [0.15, 0.2) is 11.5 Å². The number of hydrogen-bond acceptors (Lipinski definition) is 4. The van der Waals surface area contributed by atoms with Crippen molar-refractivity contribution in [1.82, 2.24) is 15.5 Å². The zero-order valence-electron chi connectivity index (χ0n) is 12.9. The first-order chi connectivity index (χ1) is 11.8. The van der Waals surface area contributed by atoms with Gasteiger partial charge in [-0.1, -0.05) is 18.2 Å². The van der Waals surface area contributed by atoms with Gasteiger partial charge in [0.05, 0.1) is 11.9 Å². The normalized spacial score (nSPS) is 12.5. The predicted molar refractivity (Wildman–Crippen MR) is 87.1 cm³/mol. The number of aromatic amines is 1. The Morgan fingerprint density at radius 1 is 1.04 bits per heavy atom. The lowest BCUT2D eigenvalue weighted by molar-refractivity contribution is 0.174. The summed E-state index contributed by atoms with van der Waals surface area (Å²) in [6, 6.07) is 12.5. The molecule has 0 saturated heterocycles. The van der Waals surface area contributed by atoms with E-state index in [4.69, 9.17) is 9.47 Å². The molecule has 0 saturated carbocycles. The summed E-state index contributed by atoms with van der Waals surface area (Å²) in [6.07, 6.45) is 1.77. The number of fused-ring (bicyclic) bond motifs is 1. The topological polar surface area (TPSA) is 59.2 Å². The van der Waals surface area contributed by atoms with Gasteiger partial charge >= 0.3 is 0 Å². The highest BCUT2D eigenvalue weighted by Crippen LogP contribution is 2.36. The lowest BCUT2D eigenvalue weighted by Crippen LogP contribution is -2.13. The Balaban J connectivity index is 1.48. The largest absolute Gasteiger partial charge is 0.454 e. The van der Waals surface area contributed by atoms with E-state index in [0.29, 0.717) is 18.7 Å². The zero-order valence-corrected chi connectivity index (χ0v) is 12.9. The van der Waals surface area contributed by atoms with Crippen molar-refractivity contribution in [2.75, 3.05) is 6.79 Å². The maximum atomic E-state index is 13.6. The molecular formula is C18H16FN3O2. The van der Waals surface area contributed by atoms with Crippen LogP contribution in [-0.4, -0.2) is 17.0 Å². The molecule has 0 unspecified atom stereocenters. The van der Waals surface area contributed by atoms with Crippen molar-refractivity contribution >= 4 is 0 Å². The van der Waals surface area contributed by atoms with Crippen LogP contribution in [-0.2, 0) is 13.1 Å². The fourth-order valence-corrected chi connectivity index (χ4v) is 2.72. The Bertz CT molecular complexity index is 863. The van der Waals surface area contributed by atoms with Crippen LogP contribution in [0.25, 0.3) is 11.3 Å². The van der Waals surface area contributed by atoms with Crippen molar-refractivity contribution in [3.63, 3.8) is 0 Å². The molecule has 0 aliphatic carbocycles. The molecule has 1 aromatic heterocycles. The van der Waals surface area contributed by atoms with Crippen LogP contribution in [0, 0.1) is 5.82 Å². The number of benzene rings is 2. The van der Waals surface area contributed by atoms with E-state index in [1.807, 2.05) is 24.3 Å². The van der Waals surface area contributed by atoms with Crippen molar-refractivity contribution in [3.05, 3.63) is 65.6 Å². The average Bonchev–Trinajstić information content (AvgIpc) is 3.24. The molecule has 6 heteroatoms. The minimum atomic E-state index is -0.201. The summed E-state index contributed by atoms with van der Waals surface area (Å²) in [7, 11) is 0. The van der Waals surface area contributed by atoms with Gasteiger partial charge < -0.3 is 14.8 Å². The van der Waals surface area contributed by atoms with Gasteiger partial charge in [-0.15, -0.1) is 0 Å². The van der Waals surface area contributed by atoms with E-state index in [-0.39, 0.29) is 12.6 Å². The van der Waals surface area contributed by atoms with E-state index >= 15 is 0 Å². The molecule has 24 heavy (non-hydrogen) atoms. The Kier molecular flexibility index (Phi) is 3.88. The fraction of sp³-hybridized carbons (Fsp3) is 0.167. The molecule has 1 aliphatic heterocycles. The van der Waals surface area contributed by atoms with Crippen LogP contribution in [0.5, 0.6) is 11.5 Å². The Hall–Kier alpha value is -2.86. The molecule has 1 aliphatic rings. The fourth-order valence-electron chi connectivity index (χ4n) is 2.72. The summed E-state index contributed by atoms with van der Waals surface area (Å²) in [4.78, 5) is 0. The van der Waals surface area contributed by atoms with Gasteiger partial charge in [0, 0.05) is 29.8 Å². The Labute approximate surface area is 138 Å². The first-order valence-corrected chi connectivity index (χ1v) is 7.67. The molecule has 2 heterocycles. The van der Waals surface area contributed by atoms with Crippen LogP contribution < -0.4 is 14.8 Å². The summed E-state index contributed by atoms with van der Waals surface area (Å²) in [6.45, 7) is 1.28. The lowest BCUT2D eigenvalue weighted by Gasteiger charge is -2.07. The molecule has 0 bridgehead atoms. The number of aromatic nitrogens is 2. The maximum absolute atomic E-state index is 13.6. The monoisotopic (exact) mass is 325 g/mol. The molecule has 0 spiro atoms. The standard InChI is InChI=1S/C18H16FN3O2/c19-15-4-2-1-3-13(15)8-20-9-14-10-21-22-18(14)12-5-6-16-17(7-12)24-11-23-16/h1-7,10,20H,8-9,11H2,(H,21,22). The number of H-pyrrole nitrogens is 1. The second kappa shape index (κ2) is 6.33. The number of ether oxygens (including phenoxy) is 2. The van der Waals surface area contributed by atoms with E-state index < -0.39 is 0 Å². The summed E-state index contributed by atoms with van der Waals surface area (Å²) in [5.74, 6) is 1.28. The van der Waals surface area contributed by atoms with Crippen molar-refractivity contribution in [2.45, 2.75) is 13.1 Å². The van der Waals surface area contributed by atoms with Crippen LogP contribution in [0.15, 0.2) is 48.7 Å². The molecule has 3 aromatic rings. The van der Waals surface area contributed by atoms with Gasteiger partial charge in [0.2, 0.25) is 6.79 Å². The number of halogens is 1. The summed E-state index contributed by atoms with van der Waals surface area (Å²) in [5.41, 5.74) is 3.53. The molecular weight excluding hydrogens is 309 g/mol. The predicted octanol–water partition coefficient (Wildman–Crippen LogP) is 3.23. The van der Waals surface area contributed by atoms with Gasteiger partial charge in [0.25, 0.3) is 0 Å². The molecule has 2 aromatic carbocycles. The quantitative estimate of drug-likeness (QED) is 0.756. The van der Waals surface area contributed by atoms with Crippen molar-refractivity contribution in [2.24, 2.45) is 0 Å². The van der Waals surface area contributed by atoms with Crippen LogP contribution in [0.2, 0.25) is 0 Å². The minimum Gasteiger partial charge on any atom is -0.454 e. The van der Waals surface area contributed by atoms with Crippen molar-refractivity contribution in [3.8, 4) is 22.8 Å². The second-order valence-corrected chi connectivity index (χ2v) is 5.53. The van der Waals surface area contributed by atoms with Crippen LogP contribution in [0.4, 0.5) is 4.39 Å². The number of nitrogens with one attached hydrogen (secondary N) is 2. The third-order valence-electron chi connectivity index (χ3n) is 3.97. The van der Waals surface area contributed by atoms with Gasteiger partial charge in [0.1, 0.15) is 5.82 Å². The molecule has 122 valence electrons. The first-order valence-electron chi connectivity index (χ1n) is 7.67. The Morgan fingerprint density at radius 3 is 2.79 bits per heavy atom. The van der Waals surface area contributed by atoms with Crippen LogP contribution >= 0.6 is 0 Å². The molecule has 0 fully saturated rings. The molecule has 0 radical (unpaired) electrons. The highest BCUT2D eigenvalue weighted by atomic mass is 19.1. The van der Waals surface area contributed by atoms with Crippen LogP contribution in [0.3, 0.4) is 0 Å².